The molecule has 0 fully saturated rings. The number of nitrogens with one attached hydrogen (secondary N) is 2. The van der Waals surface area contributed by atoms with Gasteiger partial charge in [-0.1, -0.05) is 24.6 Å². The average Bonchev–Trinajstić information content (AvgIpc) is 2.93. The molecule has 2 N–H and O–H groups in total. The van der Waals surface area contributed by atoms with E-state index in [0.29, 0.717) is 4.88 Å². The minimum absolute atomic E-state index is 0.146. The molecule has 0 aliphatic carbocycles. The summed E-state index contributed by atoms with van der Waals surface area (Å²) in [5.74, 6) is -0.169. The van der Waals surface area contributed by atoms with Crippen molar-refractivity contribution in [2.75, 3.05) is 13.1 Å². The summed E-state index contributed by atoms with van der Waals surface area (Å²) in [5, 5.41) is 2.74. The molecular weight excluding hydrogens is 344 g/mol. The fraction of sp³-hybridized carbons (Fsp3) is 0.353. The Hall–Kier alpha value is -1.70. The van der Waals surface area contributed by atoms with Gasteiger partial charge in [0.25, 0.3) is 5.91 Å². The van der Waals surface area contributed by atoms with E-state index in [1.165, 1.54) is 16.2 Å². The van der Waals surface area contributed by atoms with Gasteiger partial charge in [-0.15, -0.1) is 11.3 Å². The fourth-order valence-corrected chi connectivity index (χ4v) is 4.29. The van der Waals surface area contributed by atoms with Crippen molar-refractivity contribution in [1.82, 2.24) is 10.0 Å². The molecule has 1 amide bonds. The highest BCUT2D eigenvalue weighted by Gasteiger charge is 2.14. The summed E-state index contributed by atoms with van der Waals surface area (Å²) in [6, 6.07) is 8.50. The molecule has 0 aliphatic rings. The van der Waals surface area contributed by atoms with Crippen LogP contribution in [-0.4, -0.2) is 27.4 Å². The van der Waals surface area contributed by atoms with Gasteiger partial charge >= 0.3 is 0 Å². The third-order valence-electron chi connectivity index (χ3n) is 3.60. The molecule has 0 radical (unpaired) electrons. The van der Waals surface area contributed by atoms with Crippen LogP contribution in [-0.2, 0) is 16.4 Å². The van der Waals surface area contributed by atoms with Gasteiger partial charge in [0.2, 0.25) is 10.0 Å². The number of carbonyl (C=O) groups is 1. The molecule has 0 bridgehead atoms. The first kappa shape index (κ1) is 18.6. The molecule has 0 aliphatic heterocycles. The quantitative estimate of drug-likeness (QED) is 0.740. The Labute approximate surface area is 147 Å². The van der Waals surface area contributed by atoms with E-state index in [-0.39, 0.29) is 23.9 Å². The lowest BCUT2D eigenvalue weighted by Gasteiger charge is -2.08. The SMILES string of the molecule is CCc1sc(C(=O)NCCNS(=O)(=O)c2ccc(C)cc2)cc1C. The van der Waals surface area contributed by atoms with Gasteiger partial charge < -0.3 is 5.32 Å². The van der Waals surface area contributed by atoms with E-state index in [9.17, 15) is 13.2 Å². The van der Waals surface area contributed by atoms with Gasteiger partial charge in [0, 0.05) is 18.0 Å². The number of sulfonamides is 1. The maximum atomic E-state index is 12.1. The molecule has 0 saturated heterocycles. The highest BCUT2D eigenvalue weighted by molar-refractivity contribution is 7.89. The van der Waals surface area contributed by atoms with Gasteiger partial charge in [0.1, 0.15) is 0 Å². The Morgan fingerprint density at radius 2 is 1.79 bits per heavy atom. The molecule has 0 atom stereocenters. The number of hydrogen-bond acceptors (Lipinski definition) is 4. The highest BCUT2D eigenvalue weighted by Crippen LogP contribution is 2.22. The first-order valence-corrected chi connectivity index (χ1v) is 10.1. The predicted octanol–water partition coefficient (Wildman–Crippen LogP) is 2.64. The summed E-state index contributed by atoms with van der Waals surface area (Å²) in [6.07, 6.45) is 0.903. The van der Waals surface area contributed by atoms with Crippen molar-refractivity contribution in [1.29, 1.82) is 0 Å². The number of amides is 1. The maximum Gasteiger partial charge on any atom is 0.261 e. The second-order valence-electron chi connectivity index (χ2n) is 5.54. The zero-order valence-corrected chi connectivity index (χ0v) is 15.7. The van der Waals surface area contributed by atoms with E-state index in [2.05, 4.69) is 17.0 Å². The molecule has 5 nitrogen and oxygen atoms in total. The van der Waals surface area contributed by atoms with Crippen LogP contribution >= 0.6 is 11.3 Å². The minimum atomic E-state index is -3.54. The number of thiophene rings is 1. The van der Waals surface area contributed by atoms with Crippen LogP contribution in [0.15, 0.2) is 35.2 Å². The molecule has 130 valence electrons. The third-order valence-corrected chi connectivity index (χ3v) is 6.46. The van der Waals surface area contributed by atoms with Crippen LogP contribution in [0.25, 0.3) is 0 Å². The Balaban J connectivity index is 1.85. The topological polar surface area (TPSA) is 75.3 Å². The maximum absolute atomic E-state index is 12.1. The van der Waals surface area contributed by atoms with Crippen LogP contribution < -0.4 is 10.0 Å². The average molecular weight is 367 g/mol. The lowest BCUT2D eigenvalue weighted by atomic mass is 10.2. The van der Waals surface area contributed by atoms with Gasteiger partial charge in [-0.2, -0.15) is 0 Å². The predicted molar refractivity (Wildman–Crippen MR) is 97.1 cm³/mol. The van der Waals surface area contributed by atoms with Crippen molar-refractivity contribution in [2.45, 2.75) is 32.1 Å². The minimum Gasteiger partial charge on any atom is -0.350 e. The zero-order chi connectivity index (χ0) is 17.7. The van der Waals surface area contributed by atoms with Crippen molar-refractivity contribution in [3.63, 3.8) is 0 Å². The third kappa shape index (κ3) is 4.66. The molecule has 7 heteroatoms. The summed E-state index contributed by atoms with van der Waals surface area (Å²) < 4.78 is 26.7. The van der Waals surface area contributed by atoms with E-state index < -0.39 is 10.0 Å². The van der Waals surface area contributed by atoms with Crippen LogP contribution in [0.2, 0.25) is 0 Å². The fourth-order valence-electron chi connectivity index (χ4n) is 2.23. The summed E-state index contributed by atoms with van der Waals surface area (Å²) in [6.45, 7) is 6.33. The summed E-state index contributed by atoms with van der Waals surface area (Å²) in [5.41, 5.74) is 2.12. The molecule has 0 saturated carbocycles. The van der Waals surface area contributed by atoms with Crippen LogP contribution in [0.1, 0.15) is 32.6 Å². The van der Waals surface area contributed by atoms with Crippen molar-refractivity contribution in [3.8, 4) is 0 Å². The van der Waals surface area contributed by atoms with Crippen molar-refractivity contribution >= 4 is 27.3 Å². The molecule has 2 aromatic rings. The number of rotatable bonds is 7. The van der Waals surface area contributed by atoms with Crippen LogP contribution in [0.3, 0.4) is 0 Å². The molecule has 1 aromatic heterocycles. The largest absolute Gasteiger partial charge is 0.350 e. The standard InChI is InChI=1S/C17H22N2O3S2/c1-4-15-13(3)11-16(23-15)17(20)18-9-10-19-24(21,22)14-7-5-12(2)6-8-14/h5-8,11,19H,4,9-10H2,1-3H3,(H,18,20). The monoisotopic (exact) mass is 366 g/mol. The smallest absolute Gasteiger partial charge is 0.261 e. The van der Waals surface area contributed by atoms with Gasteiger partial charge in [-0.3, -0.25) is 4.79 Å². The second kappa shape index (κ2) is 7.92. The van der Waals surface area contributed by atoms with Gasteiger partial charge in [-0.25, -0.2) is 13.1 Å². The Morgan fingerprint density at radius 3 is 2.38 bits per heavy atom. The van der Waals surface area contributed by atoms with Gasteiger partial charge in [0.15, 0.2) is 0 Å². The van der Waals surface area contributed by atoms with Crippen LogP contribution in [0, 0.1) is 13.8 Å². The second-order valence-corrected chi connectivity index (χ2v) is 8.44. The van der Waals surface area contributed by atoms with Gasteiger partial charge in [-0.05, 0) is 44.0 Å². The number of hydrogen-bond donors (Lipinski definition) is 2. The van der Waals surface area contributed by atoms with Crippen molar-refractivity contribution < 1.29 is 13.2 Å². The first-order chi connectivity index (χ1) is 11.3. The zero-order valence-electron chi connectivity index (χ0n) is 14.0. The number of benzene rings is 1. The van der Waals surface area contributed by atoms with Gasteiger partial charge in [0.05, 0.1) is 9.77 Å². The molecule has 24 heavy (non-hydrogen) atoms. The number of carbonyl (C=O) groups excluding carboxylic acids is 1. The molecule has 1 heterocycles. The number of aryl methyl sites for hydroxylation is 3. The molecule has 0 spiro atoms. The molecule has 1 aromatic carbocycles. The Kier molecular flexibility index (Phi) is 6.15. The van der Waals surface area contributed by atoms with Crippen LogP contribution in [0.4, 0.5) is 0 Å². The van der Waals surface area contributed by atoms with E-state index in [0.717, 1.165) is 17.5 Å². The van der Waals surface area contributed by atoms with Crippen molar-refractivity contribution in [2.24, 2.45) is 0 Å². The Morgan fingerprint density at radius 1 is 1.12 bits per heavy atom. The normalized spacial score (nSPS) is 11.5. The summed E-state index contributed by atoms with van der Waals surface area (Å²) in [4.78, 5) is 14.2. The Bertz CT molecular complexity index is 809. The first-order valence-electron chi connectivity index (χ1n) is 7.77. The molecule has 2 rings (SSSR count). The van der Waals surface area contributed by atoms with Crippen LogP contribution in [0.5, 0.6) is 0 Å². The van der Waals surface area contributed by atoms with E-state index in [4.69, 9.17) is 0 Å². The summed E-state index contributed by atoms with van der Waals surface area (Å²) in [7, 11) is -3.54. The summed E-state index contributed by atoms with van der Waals surface area (Å²) >= 11 is 1.48. The van der Waals surface area contributed by atoms with E-state index in [1.54, 1.807) is 24.3 Å². The highest BCUT2D eigenvalue weighted by atomic mass is 32.2. The molecular formula is C17H22N2O3S2. The van der Waals surface area contributed by atoms with E-state index >= 15 is 0 Å². The van der Waals surface area contributed by atoms with E-state index in [1.807, 2.05) is 19.9 Å². The molecule has 0 unspecified atom stereocenters. The van der Waals surface area contributed by atoms with Crippen molar-refractivity contribution in [3.05, 3.63) is 51.2 Å². The lowest BCUT2D eigenvalue weighted by Crippen LogP contribution is -2.34. The lowest BCUT2D eigenvalue weighted by molar-refractivity contribution is 0.0958.